The van der Waals surface area contributed by atoms with E-state index in [-0.39, 0.29) is 11.7 Å². The predicted molar refractivity (Wildman–Crippen MR) is 97.0 cm³/mol. The minimum Gasteiger partial charge on any atom is -0.368 e. The van der Waals surface area contributed by atoms with Crippen molar-refractivity contribution in [2.24, 2.45) is 0 Å². The van der Waals surface area contributed by atoms with Crippen molar-refractivity contribution in [3.8, 4) is 0 Å². The molecule has 1 saturated heterocycles. The van der Waals surface area contributed by atoms with Crippen LogP contribution in [0.4, 0.5) is 10.1 Å². The number of nitrogens with zero attached hydrogens (tertiary/aromatic N) is 5. The Labute approximate surface area is 150 Å². The third-order valence-electron chi connectivity index (χ3n) is 4.77. The number of anilines is 1. The molecule has 0 N–H and O–H groups in total. The summed E-state index contributed by atoms with van der Waals surface area (Å²) in [5.41, 5.74) is 3.93. The minimum absolute atomic E-state index is 0.0451. The van der Waals surface area contributed by atoms with Crippen LogP contribution in [0, 0.1) is 19.7 Å². The van der Waals surface area contributed by atoms with E-state index >= 15 is 0 Å². The molecule has 4 rings (SSSR count). The van der Waals surface area contributed by atoms with Crippen LogP contribution in [0.5, 0.6) is 0 Å². The third kappa shape index (κ3) is 2.89. The lowest BCUT2D eigenvalue weighted by Gasteiger charge is -2.36. The second-order valence-corrected chi connectivity index (χ2v) is 6.59. The first-order valence-electron chi connectivity index (χ1n) is 8.65. The average molecular weight is 353 g/mol. The Hall–Kier alpha value is -2.96. The molecule has 1 aromatic carbocycles. The topological polar surface area (TPSA) is 53.7 Å². The Kier molecular flexibility index (Phi) is 4.06. The van der Waals surface area contributed by atoms with Gasteiger partial charge in [0.1, 0.15) is 11.4 Å². The van der Waals surface area contributed by atoms with Gasteiger partial charge in [0.15, 0.2) is 5.65 Å². The number of aryl methyl sites for hydroxylation is 2. The van der Waals surface area contributed by atoms with Gasteiger partial charge in [0.2, 0.25) is 0 Å². The Morgan fingerprint density at radius 2 is 1.77 bits per heavy atom. The highest BCUT2D eigenvalue weighted by molar-refractivity contribution is 5.99. The standard InChI is InChI=1S/C19H20FN5O/c1-13-11-14(2)25-18(22-13)17(12-21-25)19(26)24-9-7-23(8-10-24)16-5-3-15(20)4-6-16/h3-6,11-12H,7-10H2,1-2H3. The molecule has 0 bridgehead atoms. The summed E-state index contributed by atoms with van der Waals surface area (Å²) in [4.78, 5) is 21.4. The zero-order valence-electron chi connectivity index (χ0n) is 14.8. The normalized spacial score (nSPS) is 14.9. The summed E-state index contributed by atoms with van der Waals surface area (Å²) in [6.45, 7) is 6.50. The highest BCUT2D eigenvalue weighted by Crippen LogP contribution is 2.19. The van der Waals surface area contributed by atoms with Crippen LogP contribution in [0.1, 0.15) is 21.7 Å². The number of benzene rings is 1. The van der Waals surface area contributed by atoms with Crippen LogP contribution in [-0.4, -0.2) is 51.6 Å². The molecule has 3 aromatic rings. The Bertz CT molecular complexity index is 958. The molecule has 26 heavy (non-hydrogen) atoms. The van der Waals surface area contributed by atoms with Gasteiger partial charge in [-0.05, 0) is 44.2 Å². The maximum atomic E-state index is 13.1. The first-order chi connectivity index (χ1) is 12.5. The summed E-state index contributed by atoms with van der Waals surface area (Å²) in [7, 11) is 0. The van der Waals surface area contributed by atoms with Gasteiger partial charge in [-0.2, -0.15) is 5.10 Å². The molecule has 134 valence electrons. The van der Waals surface area contributed by atoms with Gasteiger partial charge in [-0.1, -0.05) is 0 Å². The first-order valence-corrected chi connectivity index (χ1v) is 8.65. The lowest BCUT2D eigenvalue weighted by Crippen LogP contribution is -2.48. The fourth-order valence-corrected chi connectivity index (χ4v) is 3.41. The Balaban J connectivity index is 1.51. The molecule has 1 amide bonds. The summed E-state index contributed by atoms with van der Waals surface area (Å²) in [6.07, 6.45) is 1.60. The second-order valence-electron chi connectivity index (χ2n) is 6.59. The number of carbonyl (C=O) groups excluding carboxylic acids is 1. The summed E-state index contributed by atoms with van der Waals surface area (Å²) in [5.74, 6) is -0.287. The van der Waals surface area contributed by atoms with Gasteiger partial charge >= 0.3 is 0 Å². The van der Waals surface area contributed by atoms with Crippen molar-refractivity contribution in [1.29, 1.82) is 0 Å². The van der Waals surface area contributed by atoms with E-state index in [4.69, 9.17) is 0 Å². The van der Waals surface area contributed by atoms with Crippen molar-refractivity contribution in [3.05, 3.63) is 59.3 Å². The molecule has 0 radical (unpaired) electrons. The van der Waals surface area contributed by atoms with Crippen LogP contribution in [-0.2, 0) is 0 Å². The van der Waals surface area contributed by atoms with Crippen molar-refractivity contribution >= 4 is 17.2 Å². The number of halogens is 1. The molecule has 6 nitrogen and oxygen atoms in total. The van der Waals surface area contributed by atoms with E-state index < -0.39 is 0 Å². The third-order valence-corrected chi connectivity index (χ3v) is 4.77. The molecule has 0 atom stereocenters. The number of rotatable bonds is 2. The molecule has 1 aliphatic rings. The maximum Gasteiger partial charge on any atom is 0.259 e. The number of amides is 1. The zero-order chi connectivity index (χ0) is 18.3. The van der Waals surface area contributed by atoms with Gasteiger partial charge in [0, 0.05) is 43.3 Å². The minimum atomic E-state index is -0.242. The summed E-state index contributed by atoms with van der Waals surface area (Å²) >= 11 is 0. The van der Waals surface area contributed by atoms with Gasteiger partial charge in [0.05, 0.1) is 6.20 Å². The SMILES string of the molecule is Cc1cc(C)n2ncc(C(=O)N3CCN(c4ccc(F)cc4)CC3)c2n1. The van der Waals surface area contributed by atoms with E-state index in [2.05, 4.69) is 15.0 Å². The molecule has 0 spiro atoms. The van der Waals surface area contributed by atoms with E-state index in [9.17, 15) is 9.18 Å². The Morgan fingerprint density at radius 3 is 2.46 bits per heavy atom. The van der Waals surface area contributed by atoms with Crippen LogP contribution >= 0.6 is 0 Å². The Morgan fingerprint density at radius 1 is 1.08 bits per heavy atom. The summed E-state index contributed by atoms with van der Waals surface area (Å²) in [6, 6.07) is 8.40. The van der Waals surface area contributed by atoms with Crippen LogP contribution in [0.3, 0.4) is 0 Å². The highest BCUT2D eigenvalue weighted by atomic mass is 19.1. The average Bonchev–Trinajstić information content (AvgIpc) is 3.06. The fourth-order valence-electron chi connectivity index (χ4n) is 3.41. The van der Waals surface area contributed by atoms with Crippen LogP contribution in [0.25, 0.3) is 5.65 Å². The molecule has 2 aromatic heterocycles. The molecule has 0 aliphatic carbocycles. The number of hydrogen-bond acceptors (Lipinski definition) is 4. The quantitative estimate of drug-likeness (QED) is 0.710. The van der Waals surface area contributed by atoms with Gasteiger partial charge in [-0.3, -0.25) is 4.79 Å². The van der Waals surface area contributed by atoms with Crippen LogP contribution < -0.4 is 4.90 Å². The van der Waals surface area contributed by atoms with E-state index in [0.717, 1.165) is 17.1 Å². The highest BCUT2D eigenvalue weighted by Gasteiger charge is 2.25. The lowest BCUT2D eigenvalue weighted by atomic mass is 10.2. The molecule has 0 saturated carbocycles. The van der Waals surface area contributed by atoms with Gasteiger partial charge < -0.3 is 9.80 Å². The summed E-state index contributed by atoms with van der Waals surface area (Å²) in [5, 5.41) is 4.31. The van der Waals surface area contributed by atoms with Crippen LogP contribution in [0.2, 0.25) is 0 Å². The predicted octanol–water partition coefficient (Wildman–Crippen LogP) is 2.45. The first kappa shape index (κ1) is 16.5. The van der Waals surface area contributed by atoms with Crippen LogP contribution in [0.15, 0.2) is 36.5 Å². The molecule has 7 heteroatoms. The zero-order valence-corrected chi connectivity index (χ0v) is 14.8. The molecule has 3 heterocycles. The van der Waals surface area contributed by atoms with Crippen molar-refractivity contribution in [3.63, 3.8) is 0 Å². The number of fused-ring (bicyclic) bond motifs is 1. The van der Waals surface area contributed by atoms with E-state index in [1.807, 2.05) is 24.8 Å². The van der Waals surface area contributed by atoms with E-state index in [1.54, 1.807) is 22.8 Å². The van der Waals surface area contributed by atoms with Crippen molar-refractivity contribution in [2.75, 3.05) is 31.1 Å². The van der Waals surface area contributed by atoms with Gasteiger partial charge in [0.25, 0.3) is 5.91 Å². The van der Waals surface area contributed by atoms with Crippen molar-refractivity contribution in [1.82, 2.24) is 19.5 Å². The van der Waals surface area contributed by atoms with Gasteiger partial charge in [-0.25, -0.2) is 13.9 Å². The second kappa shape index (κ2) is 6.40. The number of carbonyl (C=O) groups is 1. The molecule has 1 aliphatic heterocycles. The molecule has 1 fully saturated rings. The van der Waals surface area contributed by atoms with E-state index in [0.29, 0.717) is 37.4 Å². The number of aromatic nitrogens is 3. The number of hydrogen-bond donors (Lipinski definition) is 0. The monoisotopic (exact) mass is 353 g/mol. The fraction of sp³-hybridized carbons (Fsp3) is 0.316. The molecular weight excluding hydrogens is 333 g/mol. The smallest absolute Gasteiger partial charge is 0.259 e. The maximum absolute atomic E-state index is 13.1. The van der Waals surface area contributed by atoms with Gasteiger partial charge in [-0.15, -0.1) is 0 Å². The van der Waals surface area contributed by atoms with E-state index in [1.165, 1.54) is 12.1 Å². The van der Waals surface area contributed by atoms with Crippen molar-refractivity contribution in [2.45, 2.75) is 13.8 Å². The molecular formula is C19H20FN5O. The molecule has 0 unspecified atom stereocenters. The number of piperazine rings is 1. The van der Waals surface area contributed by atoms with Crippen molar-refractivity contribution < 1.29 is 9.18 Å². The summed E-state index contributed by atoms with van der Waals surface area (Å²) < 4.78 is 14.8. The lowest BCUT2D eigenvalue weighted by molar-refractivity contribution is 0.0748. The largest absolute Gasteiger partial charge is 0.368 e.